The Bertz CT molecular complexity index is 215. The van der Waals surface area contributed by atoms with Gasteiger partial charge in [0, 0.05) is 32.2 Å². The van der Waals surface area contributed by atoms with Crippen molar-refractivity contribution in [1.29, 1.82) is 0 Å². The van der Waals surface area contributed by atoms with Gasteiger partial charge in [0.1, 0.15) is 0 Å². The lowest BCUT2D eigenvalue weighted by Gasteiger charge is -2.28. The Kier molecular flexibility index (Phi) is 5.55. The van der Waals surface area contributed by atoms with Gasteiger partial charge in [-0.2, -0.15) is 0 Å². The van der Waals surface area contributed by atoms with Crippen LogP contribution in [0, 0.1) is 0 Å². The molecule has 0 spiro atoms. The average Bonchev–Trinajstić information content (AvgIpc) is 2.24. The zero-order chi connectivity index (χ0) is 12.0. The van der Waals surface area contributed by atoms with Gasteiger partial charge in [0.05, 0.1) is 13.2 Å². The largest absolute Gasteiger partial charge is 0.465 e. The van der Waals surface area contributed by atoms with E-state index in [0.717, 1.165) is 39.3 Å². The van der Waals surface area contributed by atoms with Crippen molar-refractivity contribution < 1.29 is 14.6 Å². The highest BCUT2D eigenvalue weighted by molar-refractivity contribution is 5.65. The van der Waals surface area contributed by atoms with E-state index in [-0.39, 0.29) is 6.04 Å². The Morgan fingerprint density at radius 2 is 2.06 bits per heavy atom. The first kappa shape index (κ1) is 13.3. The standard InChI is InChI=1S/C11H22N2O3/c1-10(2)13(11(14)15)5-3-4-12-6-8-16-9-7-12/h10H,3-9H2,1-2H3,(H,14,15). The molecule has 1 amide bonds. The lowest BCUT2D eigenvalue weighted by molar-refractivity contribution is 0.0357. The number of ether oxygens (including phenoxy) is 1. The lowest BCUT2D eigenvalue weighted by atomic mass is 10.3. The van der Waals surface area contributed by atoms with Crippen molar-refractivity contribution in [2.75, 3.05) is 39.4 Å². The van der Waals surface area contributed by atoms with Gasteiger partial charge in [-0.3, -0.25) is 4.90 Å². The van der Waals surface area contributed by atoms with E-state index in [9.17, 15) is 4.79 Å². The van der Waals surface area contributed by atoms with Gasteiger partial charge in [-0.05, 0) is 20.3 Å². The monoisotopic (exact) mass is 230 g/mol. The first-order chi connectivity index (χ1) is 7.61. The second-order valence-corrected chi connectivity index (χ2v) is 4.38. The van der Waals surface area contributed by atoms with E-state index in [1.165, 1.54) is 4.90 Å². The normalized spacial score (nSPS) is 17.7. The Hall–Kier alpha value is -0.810. The molecule has 1 aliphatic rings. The number of nitrogens with zero attached hydrogens (tertiary/aromatic N) is 2. The van der Waals surface area contributed by atoms with Crippen LogP contribution in [0.1, 0.15) is 20.3 Å². The van der Waals surface area contributed by atoms with Gasteiger partial charge in [0.25, 0.3) is 0 Å². The minimum atomic E-state index is -0.822. The summed E-state index contributed by atoms with van der Waals surface area (Å²) in [5.41, 5.74) is 0. The second kappa shape index (κ2) is 6.70. The molecular weight excluding hydrogens is 208 g/mol. The quantitative estimate of drug-likeness (QED) is 0.768. The van der Waals surface area contributed by atoms with Crippen LogP contribution in [-0.4, -0.2) is 66.4 Å². The molecule has 0 bridgehead atoms. The molecule has 1 N–H and O–H groups in total. The van der Waals surface area contributed by atoms with E-state index in [0.29, 0.717) is 6.54 Å². The summed E-state index contributed by atoms with van der Waals surface area (Å²) in [5, 5.41) is 8.97. The highest BCUT2D eigenvalue weighted by Gasteiger charge is 2.16. The number of morpholine rings is 1. The fourth-order valence-corrected chi connectivity index (χ4v) is 1.86. The van der Waals surface area contributed by atoms with Gasteiger partial charge in [0.15, 0.2) is 0 Å². The van der Waals surface area contributed by atoms with E-state index in [1.54, 1.807) is 0 Å². The highest BCUT2D eigenvalue weighted by Crippen LogP contribution is 2.03. The number of hydrogen-bond donors (Lipinski definition) is 1. The maximum Gasteiger partial charge on any atom is 0.407 e. The summed E-state index contributed by atoms with van der Waals surface area (Å²) in [5.74, 6) is 0. The molecule has 5 nitrogen and oxygen atoms in total. The molecule has 0 radical (unpaired) electrons. The smallest absolute Gasteiger partial charge is 0.407 e. The Morgan fingerprint density at radius 1 is 1.44 bits per heavy atom. The molecule has 0 aliphatic carbocycles. The van der Waals surface area contributed by atoms with Crippen molar-refractivity contribution in [2.45, 2.75) is 26.3 Å². The Morgan fingerprint density at radius 3 is 2.56 bits per heavy atom. The van der Waals surface area contributed by atoms with Crippen LogP contribution in [0.4, 0.5) is 4.79 Å². The predicted octanol–water partition coefficient (Wildman–Crippen LogP) is 1.10. The first-order valence-corrected chi connectivity index (χ1v) is 5.91. The molecule has 94 valence electrons. The maximum atomic E-state index is 10.9. The molecule has 0 aromatic carbocycles. The summed E-state index contributed by atoms with van der Waals surface area (Å²) in [6.45, 7) is 8.92. The van der Waals surface area contributed by atoms with E-state index < -0.39 is 6.09 Å². The van der Waals surface area contributed by atoms with Gasteiger partial charge in [-0.1, -0.05) is 0 Å². The summed E-state index contributed by atoms with van der Waals surface area (Å²) < 4.78 is 5.26. The fraction of sp³-hybridized carbons (Fsp3) is 0.909. The molecule has 0 aromatic rings. The molecule has 1 heterocycles. The first-order valence-electron chi connectivity index (χ1n) is 5.91. The van der Waals surface area contributed by atoms with Crippen LogP contribution in [-0.2, 0) is 4.74 Å². The zero-order valence-electron chi connectivity index (χ0n) is 10.2. The van der Waals surface area contributed by atoms with Gasteiger partial charge < -0.3 is 14.7 Å². The molecule has 0 aromatic heterocycles. The molecule has 5 heteroatoms. The molecule has 0 saturated carbocycles. The highest BCUT2D eigenvalue weighted by atomic mass is 16.5. The Balaban J connectivity index is 2.19. The zero-order valence-corrected chi connectivity index (χ0v) is 10.2. The molecule has 1 fully saturated rings. The number of carboxylic acid groups (broad SMARTS) is 1. The summed E-state index contributed by atoms with van der Waals surface area (Å²) in [4.78, 5) is 14.7. The fourth-order valence-electron chi connectivity index (χ4n) is 1.86. The average molecular weight is 230 g/mol. The van der Waals surface area contributed by atoms with Crippen molar-refractivity contribution >= 4 is 6.09 Å². The van der Waals surface area contributed by atoms with Crippen LogP contribution < -0.4 is 0 Å². The minimum Gasteiger partial charge on any atom is -0.465 e. The molecule has 1 rings (SSSR count). The van der Waals surface area contributed by atoms with Crippen LogP contribution in [0.2, 0.25) is 0 Å². The molecule has 0 atom stereocenters. The van der Waals surface area contributed by atoms with Crippen LogP contribution in [0.3, 0.4) is 0 Å². The van der Waals surface area contributed by atoms with Crippen LogP contribution in [0.5, 0.6) is 0 Å². The van der Waals surface area contributed by atoms with Gasteiger partial charge in [-0.25, -0.2) is 4.79 Å². The third-order valence-corrected chi connectivity index (χ3v) is 2.85. The summed E-state index contributed by atoms with van der Waals surface area (Å²) >= 11 is 0. The summed E-state index contributed by atoms with van der Waals surface area (Å²) in [6.07, 6.45) is 0.0711. The number of rotatable bonds is 5. The predicted molar refractivity (Wildman–Crippen MR) is 61.7 cm³/mol. The molecule has 0 unspecified atom stereocenters. The lowest BCUT2D eigenvalue weighted by Crippen LogP contribution is -2.40. The summed E-state index contributed by atoms with van der Waals surface area (Å²) in [6, 6.07) is 0.0576. The van der Waals surface area contributed by atoms with Crippen LogP contribution in [0.25, 0.3) is 0 Å². The van der Waals surface area contributed by atoms with Crippen molar-refractivity contribution in [2.24, 2.45) is 0 Å². The van der Waals surface area contributed by atoms with Crippen molar-refractivity contribution in [3.8, 4) is 0 Å². The van der Waals surface area contributed by atoms with E-state index in [2.05, 4.69) is 4.90 Å². The number of carbonyl (C=O) groups is 1. The molecule has 1 aliphatic heterocycles. The van der Waals surface area contributed by atoms with Crippen molar-refractivity contribution in [3.05, 3.63) is 0 Å². The van der Waals surface area contributed by atoms with Crippen molar-refractivity contribution in [1.82, 2.24) is 9.80 Å². The van der Waals surface area contributed by atoms with Gasteiger partial charge in [0.2, 0.25) is 0 Å². The SMILES string of the molecule is CC(C)N(CCCN1CCOCC1)C(=O)O. The summed E-state index contributed by atoms with van der Waals surface area (Å²) in [7, 11) is 0. The van der Waals surface area contributed by atoms with Crippen LogP contribution in [0.15, 0.2) is 0 Å². The molecular formula is C11H22N2O3. The van der Waals surface area contributed by atoms with Gasteiger partial charge in [-0.15, -0.1) is 0 Å². The van der Waals surface area contributed by atoms with Crippen molar-refractivity contribution in [3.63, 3.8) is 0 Å². The van der Waals surface area contributed by atoms with Gasteiger partial charge >= 0.3 is 6.09 Å². The van der Waals surface area contributed by atoms with Crippen LogP contribution >= 0.6 is 0 Å². The maximum absolute atomic E-state index is 10.9. The Labute approximate surface area is 97.0 Å². The third kappa shape index (κ3) is 4.37. The third-order valence-electron chi connectivity index (χ3n) is 2.85. The van der Waals surface area contributed by atoms with E-state index >= 15 is 0 Å². The second-order valence-electron chi connectivity index (χ2n) is 4.38. The number of hydrogen-bond acceptors (Lipinski definition) is 3. The molecule has 1 saturated heterocycles. The van der Waals surface area contributed by atoms with E-state index in [1.807, 2.05) is 13.8 Å². The van der Waals surface area contributed by atoms with E-state index in [4.69, 9.17) is 9.84 Å². The topological polar surface area (TPSA) is 53.0 Å². The minimum absolute atomic E-state index is 0.0576. The number of amides is 1. The molecule has 16 heavy (non-hydrogen) atoms.